The predicted octanol–water partition coefficient (Wildman–Crippen LogP) is 4.03. The second kappa shape index (κ2) is 5.44. The monoisotopic (exact) mass is 264 g/mol. The number of fused-ring (bicyclic) bond motifs is 1. The molecular weight excluding hydrogens is 248 g/mol. The molecule has 1 aromatic heterocycles. The first-order valence-electron chi connectivity index (χ1n) is 6.05. The van der Waals surface area contributed by atoms with Gasteiger partial charge in [0.25, 0.3) is 0 Å². The maximum Gasteiger partial charge on any atom is 0.129 e. The molecule has 0 fully saturated rings. The molecule has 0 amide bonds. The Bertz CT molecular complexity index is 569. The van der Waals surface area contributed by atoms with E-state index in [1.165, 1.54) is 0 Å². The molecule has 0 radical (unpaired) electrons. The molecule has 0 saturated carbocycles. The summed E-state index contributed by atoms with van der Waals surface area (Å²) in [4.78, 5) is 4.60. The van der Waals surface area contributed by atoms with Crippen LogP contribution in [0.4, 0.5) is 5.82 Å². The van der Waals surface area contributed by atoms with Crippen LogP contribution in [-0.4, -0.2) is 18.6 Å². The molecule has 2 rings (SSSR count). The van der Waals surface area contributed by atoms with Crippen molar-refractivity contribution in [3.63, 3.8) is 0 Å². The van der Waals surface area contributed by atoms with Crippen molar-refractivity contribution in [1.82, 2.24) is 4.98 Å². The number of anilines is 1. The number of rotatable bonds is 4. The minimum atomic E-state index is 0.644. The molecule has 0 unspecified atom stereocenters. The van der Waals surface area contributed by atoms with Gasteiger partial charge in [0.1, 0.15) is 11.6 Å². The van der Waals surface area contributed by atoms with Crippen molar-refractivity contribution in [2.24, 2.45) is 0 Å². The number of pyridine rings is 1. The number of nitrogens with zero attached hydrogens (tertiary/aromatic N) is 1. The predicted molar refractivity (Wildman–Crippen MR) is 76.8 cm³/mol. The fourth-order valence-electron chi connectivity index (χ4n) is 1.90. The topological polar surface area (TPSA) is 34.2 Å². The third-order valence-corrected chi connectivity index (χ3v) is 3.15. The van der Waals surface area contributed by atoms with Crippen LogP contribution in [0.5, 0.6) is 5.75 Å². The Morgan fingerprint density at radius 1 is 1.39 bits per heavy atom. The number of aryl methyl sites for hydroxylation is 1. The van der Waals surface area contributed by atoms with Gasteiger partial charge in [0.15, 0.2) is 0 Å². The Kier molecular flexibility index (Phi) is 3.92. The normalized spacial score (nSPS) is 10.7. The van der Waals surface area contributed by atoms with E-state index in [9.17, 15) is 0 Å². The van der Waals surface area contributed by atoms with Crippen molar-refractivity contribution >= 4 is 28.3 Å². The minimum absolute atomic E-state index is 0.644. The zero-order valence-corrected chi connectivity index (χ0v) is 11.6. The Labute approximate surface area is 112 Å². The highest BCUT2D eigenvalue weighted by Crippen LogP contribution is 2.32. The van der Waals surface area contributed by atoms with Gasteiger partial charge >= 0.3 is 0 Å². The summed E-state index contributed by atoms with van der Waals surface area (Å²) < 4.78 is 5.34. The van der Waals surface area contributed by atoms with Gasteiger partial charge in [0, 0.05) is 11.9 Å². The highest BCUT2D eigenvalue weighted by Gasteiger charge is 2.10. The van der Waals surface area contributed by atoms with Gasteiger partial charge in [0.05, 0.1) is 17.6 Å². The molecule has 0 saturated heterocycles. The Hall–Kier alpha value is -1.48. The number of ether oxygens (including phenoxy) is 1. The molecule has 0 aliphatic rings. The molecule has 0 aliphatic carbocycles. The van der Waals surface area contributed by atoms with E-state index >= 15 is 0 Å². The van der Waals surface area contributed by atoms with Crippen LogP contribution in [0.15, 0.2) is 18.2 Å². The van der Waals surface area contributed by atoms with Gasteiger partial charge in [-0.1, -0.05) is 18.5 Å². The molecule has 0 atom stereocenters. The average Bonchev–Trinajstić information content (AvgIpc) is 2.37. The maximum absolute atomic E-state index is 6.20. The molecule has 1 aromatic carbocycles. The maximum atomic E-state index is 6.20. The molecular formula is C14H17ClN2O. The molecule has 0 bridgehead atoms. The smallest absolute Gasteiger partial charge is 0.129 e. The van der Waals surface area contributed by atoms with Crippen molar-refractivity contribution in [1.29, 1.82) is 0 Å². The highest BCUT2D eigenvalue weighted by atomic mass is 35.5. The highest BCUT2D eigenvalue weighted by molar-refractivity contribution is 6.35. The molecule has 96 valence electrons. The SMILES string of the molecule is CCCNc1nc2c(Cl)ccc(OC)c2cc1C. The summed E-state index contributed by atoms with van der Waals surface area (Å²) in [6.07, 6.45) is 1.06. The van der Waals surface area contributed by atoms with Crippen LogP contribution < -0.4 is 10.1 Å². The number of benzene rings is 1. The number of aromatic nitrogens is 1. The number of methoxy groups -OCH3 is 1. The first-order chi connectivity index (χ1) is 8.67. The minimum Gasteiger partial charge on any atom is -0.496 e. The van der Waals surface area contributed by atoms with Gasteiger partial charge in [-0.25, -0.2) is 4.98 Å². The van der Waals surface area contributed by atoms with Gasteiger partial charge in [-0.2, -0.15) is 0 Å². The lowest BCUT2D eigenvalue weighted by atomic mass is 10.1. The van der Waals surface area contributed by atoms with E-state index in [0.717, 1.165) is 41.0 Å². The van der Waals surface area contributed by atoms with Crippen molar-refractivity contribution < 1.29 is 4.74 Å². The molecule has 18 heavy (non-hydrogen) atoms. The van der Waals surface area contributed by atoms with E-state index in [4.69, 9.17) is 16.3 Å². The summed E-state index contributed by atoms with van der Waals surface area (Å²) in [5, 5.41) is 4.90. The van der Waals surface area contributed by atoms with Crippen LogP contribution in [0.3, 0.4) is 0 Å². The van der Waals surface area contributed by atoms with Crippen LogP contribution in [0, 0.1) is 6.92 Å². The molecule has 0 spiro atoms. The van der Waals surface area contributed by atoms with Crippen molar-refractivity contribution in [2.45, 2.75) is 20.3 Å². The third kappa shape index (κ3) is 2.36. The average molecular weight is 265 g/mol. The zero-order chi connectivity index (χ0) is 13.1. The lowest BCUT2D eigenvalue weighted by Gasteiger charge is -2.12. The Morgan fingerprint density at radius 3 is 2.83 bits per heavy atom. The summed E-state index contributed by atoms with van der Waals surface area (Å²) in [6, 6.07) is 5.74. The van der Waals surface area contributed by atoms with Crippen molar-refractivity contribution in [2.75, 3.05) is 19.0 Å². The van der Waals surface area contributed by atoms with Gasteiger partial charge in [-0.05, 0) is 37.1 Å². The van der Waals surface area contributed by atoms with Gasteiger partial charge in [-0.15, -0.1) is 0 Å². The van der Waals surface area contributed by atoms with Crippen LogP contribution in [0.2, 0.25) is 5.02 Å². The summed E-state index contributed by atoms with van der Waals surface area (Å²) in [5.74, 6) is 1.69. The summed E-state index contributed by atoms with van der Waals surface area (Å²) in [5.41, 5.74) is 1.87. The van der Waals surface area contributed by atoms with Crippen LogP contribution in [0.25, 0.3) is 10.9 Å². The second-order valence-corrected chi connectivity index (χ2v) is 4.63. The van der Waals surface area contributed by atoms with Gasteiger partial charge < -0.3 is 10.1 Å². The Balaban J connectivity index is 2.59. The summed E-state index contributed by atoms with van der Waals surface area (Å²) in [7, 11) is 1.65. The summed E-state index contributed by atoms with van der Waals surface area (Å²) >= 11 is 6.20. The zero-order valence-electron chi connectivity index (χ0n) is 10.9. The number of hydrogen-bond donors (Lipinski definition) is 1. The molecule has 3 nitrogen and oxygen atoms in total. The molecule has 1 N–H and O–H groups in total. The van der Waals surface area contributed by atoms with E-state index in [1.54, 1.807) is 7.11 Å². The van der Waals surface area contributed by atoms with E-state index < -0.39 is 0 Å². The Morgan fingerprint density at radius 2 is 2.17 bits per heavy atom. The first-order valence-corrected chi connectivity index (χ1v) is 6.43. The van der Waals surface area contributed by atoms with E-state index in [0.29, 0.717) is 5.02 Å². The van der Waals surface area contributed by atoms with E-state index in [1.807, 2.05) is 19.1 Å². The van der Waals surface area contributed by atoms with E-state index in [-0.39, 0.29) is 0 Å². The second-order valence-electron chi connectivity index (χ2n) is 4.23. The molecule has 4 heteroatoms. The fourth-order valence-corrected chi connectivity index (χ4v) is 2.11. The van der Waals surface area contributed by atoms with E-state index in [2.05, 4.69) is 23.3 Å². The standard InChI is InChI=1S/C14H17ClN2O/c1-4-7-16-14-9(2)8-10-12(18-3)6-5-11(15)13(10)17-14/h5-6,8H,4,7H2,1-3H3,(H,16,17). The molecule has 1 heterocycles. The fraction of sp³-hybridized carbons (Fsp3) is 0.357. The van der Waals surface area contributed by atoms with Crippen LogP contribution in [-0.2, 0) is 0 Å². The number of hydrogen-bond acceptors (Lipinski definition) is 3. The lowest BCUT2D eigenvalue weighted by molar-refractivity contribution is 0.419. The van der Waals surface area contributed by atoms with Crippen molar-refractivity contribution in [3.8, 4) is 5.75 Å². The number of halogens is 1. The quantitative estimate of drug-likeness (QED) is 0.905. The largest absolute Gasteiger partial charge is 0.496 e. The van der Waals surface area contributed by atoms with Crippen molar-refractivity contribution in [3.05, 3.63) is 28.8 Å². The lowest BCUT2D eigenvalue weighted by Crippen LogP contribution is -2.04. The molecule has 2 aromatic rings. The summed E-state index contributed by atoms with van der Waals surface area (Å²) in [6.45, 7) is 5.06. The first kappa shape index (κ1) is 13.0. The molecule has 0 aliphatic heterocycles. The van der Waals surface area contributed by atoms with Gasteiger partial charge in [-0.3, -0.25) is 0 Å². The third-order valence-electron chi connectivity index (χ3n) is 2.85. The van der Waals surface area contributed by atoms with Gasteiger partial charge in [0.2, 0.25) is 0 Å². The van der Waals surface area contributed by atoms with Crippen LogP contribution >= 0.6 is 11.6 Å². The van der Waals surface area contributed by atoms with Crippen LogP contribution in [0.1, 0.15) is 18.9 Å². The number of nitrogens with one attached hydrogen (secondary N) is 1.